The molecule has 2 heterocycles. The lowest BCUT2D eigenvalue weighted by molar-refractivity contribution is -0.154. The van der Waals surface area contributed by atoms with Gasteiger partial charge in [0, 0.05) is 37.2 Å². The molecule has 0 amide bonds. The van der Waals surface area contributed by atoms with Gasteiger partial charge in [-0.15, -0.1) is 0 Å². The smallest absolute Gasteiger partial charge is 0.310 e. The third kappa shape index (κ3) is 1.63. The highest BCUT2D eigenvalue weighted by molar-refractivity contribution is 5.76. The molecule has 19 heavy (non-hydrogen) atoms. The summed E-state index contributed by atoms with van der Waals surface area (Å²) in [6.45, 7) is 0.526. The number of hydrogen-bond donors (Lipinski definition) is 0. The number of hydrogen-bond acceptors (Lipinski definition) is 4. The normalized spacial score (nSPS) is 50.6. The van der Waals surface area contributed by atoms with Crippen LogP contribution in [0.1, 0.15) is 6.42 Å². The van der Waals surface area contributed by atoms with E-state index in [1.54, 1.807) is 7.11 Å². The molecule has 2 aliphatic carbocycles. The Morgan fingerprint density at radius 2 is 2.00 bits per heavy atom. The first-order valence-corrected chi connectivity index (χ1v) is 6.99. The third-order valence-corrected chi connectivity index (χ3v) is 5.01. The molecule has 4 aliphatic rings. The van der Waals surface area contributed by atoms with Crippen LogP contribution < -0.4 is 0 Å². The van der Waals surface area contributed by atoms with E-state index in [2.05, 4.69) is 24.3 Å². The molecule has 0 N–H and O–H groups in total. The average molecular weight is 262 g/mol. The Kier molecular flexibility index (Phi) is 2.57. The number of methoxy groups -OCH3 is 1. The van der Waals surface area contributed by atoms with Crippen molar-refractivity contribution in [3.63, 3.8) is 0 Å². The van der Waals surface area contributed by atoms with Gasteiger partial charge in [0.2, 0.25) is 0 Å². The van der Waals surface area contributed by atoms with E-state index in [0.29, 0.717) is 18.4 Å². The van der Waals surface area contributed by atoms with E-state index in [1.807, 2.05) is 0 Å². The van der Waals surface area contributed by atoms with Gasteiger partial charge >= 0.3 is 5.97 Å². The predicted molar refractivity (Wildman–Crippen MR) is 67.0 cm³/mol. The summed E-state index contributed by atoms with van der Waals surface area (Å²) in [4.78, 5) is 12.0. The van der Waals surface area contributed by atoms with Crippen LogP contribution in [0.3, 0.4) is 0 Å². The van der Waals surface area contributed by atoms with Crippen LogP contribution in [-0.2, 0) is 19.0 Å². The maximum absolute atomic E-state index is 12.0. The molecule has 0 unspecified atom stereocenters. The van der Waals surface area contributed by atoms with Crippen molar-refractivity contribution in [3.8, 4) is 0 Å². The fourth-order valence-corrected chi connectivity index (χ4v) is 4.10. The molecule has 0 bridgehead atoms. The molecular weight excluding hydrogens is 244 g/mol. The zero-order chi connectivity index (χ0) is 13.0. The molecule has 102 valence electrons. The van der Waals surface area contributed by atoms with Gasteiger partial charge in [0.1, 0.15) is 0 Å². The molecule has 4 heteroatoms. The Labute approximate surface area is 112 Å². The fourth-order valence-electron chi connectivity index (χ4n) is 4.10. The highest BCUT2D eigenvalue weighted by Crippen LogP contribution is 2.49. The van der Waals surface area contributed by atoms with Gasteiger partial charge in [0.15, 0.2) is 6.29 Å². The standard InChI is InChI=1S/C15H18O4/c1-17-11-6-9-4-2-8-3-5-10-7-18-15(16)13(10)12(8)14(9)19-11/h2-5,8-14H,6-7H2,1H3/t8-,9+,10+,11+,12-,13-,14+/m0/s1. The van der Waals surface area contributed by atoms with Crippen LogP contribution in [-0.4, -0.2) is 32.1 Å². The quantitative estimate of drug-likeness (QED) is 0.531. The van der Waals surface area contributed by atoms with Crippen molar-refractivity contribution in [1.82, 2.24) is 0 Å². The van der Waals surface area contributed by atoms with Gasteiger partial charge in [-0.05, 0) is 0 Å². The number of fused-ring (bicyclic) bond motifs is 5. The zero-order valence-electron chi connectivity index (χ0n) is 10.9. The molecule has 7 atom stereocenters. The highest BCUT2D eigenvalue weighted by Gasteiger charge is 2.54. The predicted octanol–water partition coefficient (Wildman–Crippen LogP) is 1.53. The van der Waals surface area contributed by atoms with Crippen molar-refractivity contribution in [3.05, 3.63) is 24.3 Å². The van der Waals surface area contributed by atoms with E-state index >= 15 is 0 Å². The number of allylic oxidation sites excluding steroid dienone is 2. The van der Waals surface area contributed by atoms with Crippen molar-refractivity contribution in [2.45, 2.75) is 18.8 Å². The third-order valence-electron chi connectivity index (χ3n) is 5.01. The Balaban J connectivity index is 1.69. The molecule has 0 aromatic heterocycles. The van der Waals surface area contributed by atoms with Crippen LogP contribution in [0.15, 0.2) is 24.3 Å². The van der Waals surface area contributed by atoms with Crippen molar-refractivity contribution >= 4 is 5.97 Å². The second-order valence-electron chi connectivity index (χ2n) is 5.91. The number of carbonyl (C=O) groups excluding carboxylic acids is 1. The van der Waals surface area contributed by atoms with Crippen molar-refractivity contribution < 1.29 is 19.0 Å². The summed E-state index contributed by atoms with van der Waals surface area (Å²) in [7, 11) is 1.68. The van der Waals surface area contributed by atoms with Gasteiger partial charge in [0.05, 0.1) is 18.6 Å². The highest BCUT2D eigenvalue weighted by atomic mass is 16.7. The van der Waals surface area contributed by atoms with Gasteiger partial charge in [-0.25, -0.2) is 0 Å². The molecule has 0 spiro atoms. The zero-order valence-corrected chi connectivity index (χ0v) is 10.9. The maximum Gasteiger partial charge on any atom is 0.310 e. The molecule has 2 aliphatic heterocycles. The van der Waals surface area contributed by atoms with E-state index in [9.17, 15) is 4.79 Å². The van der Waals surface area contributed by atoms with E-state index < -0.39 is 0 Å². The molecule has 2 saturated heterocycles. The van der Waals surface area contributed by atoms with E-state index in [4.69, 9.17) is 14.2 Å². The van der Waals surface area contributed by atoms with Gasteiger partial charge in [-0.2, -0.15) is 0 Å². The molecule has 2 fully saturated rings. The van der Waals surface area contributed by atoms with Gasteiger partial charge in [-0.3, -0.25) is 4.79 Å². The fraction of sp³-hybridized carbons (Fsp3) is 0.667. The van der Waals surface area contributed by atoms with Crippen molar-refractivity contribution in [2.24, 2.45) is 29.6 Å². The molecule has 0 aromatic rings. The van der Waals surface area contributed by atoms with Crippen LogP contribution in [0.2, 0.25) is 0 Å². The summed E-state index contributed by atoms with van der Waals surface area (Å²) in [5.41, 5.74) is 0. The summed E-state index contributed by atoms with van der Waals surface area (Å²) in [5.74, 6) is 1.01. The number of esters is 1. The van der Waals surface area contributed by atoms with E-state index in [-0.39, 0.29) is 36.1 Å². The lowest BCUT2D eigenvalue weighted by Crippen LogP contribution is -2.44. The summed E-state index contributed by atoms with van der Waals surface area (Å²) < 4.78 is 16.6. The van der Waals surface area contributed by atoms with Crippen LogP contribution in [0, 0.1) is 29.6 Å². The SMILES string of the molecule is CO[C@H]1C[C@H]2C=C[C@H]3C=C[C@@H]4COC(=O)[C@@H]4[C@H]3[C@@H]2O1. The number of ether oxygens (including phenoxy) is 3. The molecular formula is C15H18O4. The topological polar surface area (TPSA) is 44.8 Å². The van der Waals surface area contributed by atoms with Crippen LogP contribution in [0.25, 0.3) is 0 Å². The minimum Gasteiger partial charge on any atom is -0.465 e. The minimum atomic E-state index is -0.139. The lowest BCUT2D eigenvalue weighted by atomic mass is 9.64. The second kappa shape index (κ2) is 4.18. The molecule has 4 nitrogen and oxygen atoms in total. The first-order chi connectivity index (χ1) is 9.28. The average Bonchev–Trinajstić information content (AvgIpc) is 3.02. The number of rotatable bonds is 1. The first kappa shape index (κ1) is 11.7. The van der Waals surface area contributed by atoms with Crippen molar-refractivity contribution in [1.29, 1.82) is 0 Å². The van der Waals surface area contributed by atoms with Crippen LogP contribution in [0.5, 0.6) is 0 Å². The molecule has 4 rings (SSSR count). The lowest BCUT2D eigenvalue weighted by Gasteiger charge is -2.40. The number of cyclic esters (lactones) is 1. The second-order valence-corrected chi connectivity index (χ2v) is 5.91. The minimum absolute atomic E-state index is 0.0388. The van der Waals surface area contributed by atoms with Gasteiger partial charge in [0.25, 0.3) is 0 Å². The van der Waals surface area contributed by atoms with E-state index in [1.165, 1.54) is 0 Å². The van der Waals surface area contributed by atoms with Gasteiger partial charge < -0.3 is 14.2 Å². The first-order valence-electron chi connectivity index (χ1n) is 6.99. The summed E-state index contributed by atoms with van der Waals surface area (Å²) in [6, 6.07) is 0. The summed E-state index contributed by atoms with van der Waals surface area (Å²) in [5, 5.41) is 0. The van der Waals surface area contributed by atoms with Crippen LogP contribution in [0.4, 0.5) is 0 Å². The summed E-state index contributed by atoms with van der Waals surface area (Å²) >= 11 is 0. The summed E-state index contributed by atoms with van der Waals surface area (Å²) in [6.07, 6.45) is 9.65. The molecule has 0 saturated carbocycles. The Bertz CT molecular complexity index is 455. The monoisotopic (exact) mass is 262 g/mol. The largest absolute Gasteiger partial charge is 0.465 e. The Morgan fingerprint density at radius 3 is 2.79 bits per heavy atom. The van der Waals surface area contributed by atoms with Gasteiger partial charge in [-0.1, -0.05) is 24.3 Å². The molecule has 0 radical (unpaired) electrons. The van der Waals surface area contributed by atoms with Crippen LogP contribution >= 0.6 is 0 Å². The number of carbonyl (C=O) groups is 1. The maximum atomic E-state index is 12.0. The van der Waals surface area contributed by atoms with Crippen molar-refractivity contribution in [2.75, 3.05) is 13.7 Å². The Morgan fingerprint density at radius 1 is 1.21 bits per heavy atom. The molecule has 0 aromatic carbocycles. The Hall–Kier alpha value is -1.13. The van der Waals surface area contributed by atoms with E-state index in [0.717, 1.165) is 6.42 Å².